The Balaban J connectivity index is 1.38. The van der Waals surface area contributed by atoms with Crippen molar-refractivity contribution in [2.45, 2.75) is 19.3 Å². The van der Waals surface area contributed by atoms with Crippen LogP contribution in [0.25, 0.3) is 0 Å². The molecule has 5 nitrogen and oxygen atoms in total. The minimum Gasteiger partial charge on any atom is -0.493 e. The van der Waals surface area contributed by atoms with Crippen molar-refractivity contribution in [3.05, 3.63) is 102 Å². The molecule has 0 aliphatic heterocycles. The molecule has 0 heterocycles. The summed E-state index contributed by atoms with van der Waals surface area (Å²) in [6.07, 6.45) is 1.74. The van der Waals surface area contributed by atoms with Crippen LogP contribution in [0.1, 0.15) is 27.9 Å². The molecule has 0 aliphatic carbocycles. The first kappa shape index (κ1) is 20.1. The van der Waals surface area contributed by atoms with Crippen LogP contribution in [0.3, 0.4) is 0 Å². The Morgan fingerprint density at radius 1 is 0.690 bits per heavy atom. The highest BCUT2D eigenvalue weighted by atomic mass is 16.5. The van der Waals surface area contributed by atoms with Gasteiger partial charge in [-0.3, -0.25) is 20.4 Å². The van der Waals surface area contributed by atoms with Gasteiger partial charge in [-0.2, -0.15) is 0 Å². The normalized spacial score (nSPS) is 10.2. The van der Waals surface area contributed by atoms with Crippen LogP contribution in [0.2, 0.25) is 0 Å². The number of hydrazine groups is 1. The summed E-state index contributed by atoms with van der Waals surface area (Å²) in [5, 5.41) is 0. The lowest BCUT2D eigenvalue weighted by Crippen LogP contribution is -2.41. The van der Waals surface area contributed by atoms with Gasteiger partial charge in [0.05, 0.1) is 6.61 Å². The number of hydrogen-bond acceptors (Lipinski definition) is 3. The average molecular weight is 388 g/mol. The number of nitrogens with one attached hydrogen (secondary N) is 2. The molecule has 0 aromatic heterocycles. The maximum Gasteiger partial charge on any atom is 0.269 e. The number of benzene rings is 3. The molecule has 29 heavy (non-hydrogen) atoms. The first-order chi connectivity index (χ1) is 14.2. The van der Waals surface area contributed by atoms with Crippen molar-refractivity contribution in [2.75, 3.05) is 6.61 Å². The van der Waals surface area contributed by atoms with Crippen LogP contribution in [-0.4, -0.2) is 18.4 Å². The van der Waals surface area contributed by atoms with E-state index in [1.54, 1.807) is 24.3 Å². The van der Waals surface area contributed by atoms with E-state index < -0.39 is 0 Å². The van der Waals surface area contributed by atoms with Gasteiger partial charge >= 0.3 is 0 Å². The van der Waals surface area contributed by atoms with Crippen molar-refractivity contribution in [3.8, 4) is 5.75 Å². The molecular formula is C24H24N2O3. The highest BCUT2D eigenvalue weighted by Crippen LogP contribution is 2.13. The summed E-state index contributed by atoms with van der Waals surface area (Å²) >= 11 is 0. The molecule has 2 N–H and O–H groups in total. The minimum atomic E-state index is -0.367. The van der Waals surface area contributed by atoms with E-state index in [2.05, 4.69) is 23.0 Å². The molecule has 0 bridgehead atoms. The second-order valence-electron chi connectivity index (χ2n) is 6.60. The van der Waals surface area contributed by atoms with Crippen LogP contribution in [0.5, 0.6) is 5.75 Å². The molecule has 2 amide bonds. The van der Waals surface area contributed by atoms with E-state index in [1.165, 1.54) is 5.56 Å². The van der Waals surface area contributed by atoms with Crippen molar-refractivity contribution in [1.29, 1.82) is 0 Å². The summed E-state index contributed by atoms with van der Waals surface area (Å²) in [5.74, 6) is 0.0985. The predicted molar refractivity (Wildman–Crippen MR) is 112 cm³/mol. The number of rotatable bonds is 8. The van der Waals surface area contributed by atoms with Crippen LogP contribution in [0.4, 0.5) is 0 Å². The van der Waals surface area contributed by atoms with Gasteiger partial charge in [-0.25, -0.2) is 0 Å². The Labute approximate surface area is 170 Å². The lowest BCUT2D eigenvalue weighted by atomic mass is 10.1. The zero-order valence-corrected chi connectivity index (χ0v) is 16.1. The number of ether oxygens (including phenoxy) is 1. The lowest BCUT2D eigenvalue weighted by Gasteiger charge is -2.09. The average Bonchev–Trinajstić information content (AvgIpc) is 2.78. The van der Waals surface area contributed by atoms with Gasteiger partial charge in [-0.1, -0.05) is 60.7 Å². The highest BCUT2D eigenvalue weighted by Gasteiger charge is 2.08. The fraction of sp³-hybridized carbons (Fsp3) is 0.167. The summed E-state index contributed by atoms with van der Waals surface area (Å²) in [6, 6.07) is 26.7. The maximum atomic E-state index is 12.2. The first-order valence-corrected chi connectivity index (χ1v) is 9.60. The third kappa shape index (κ3) is 6.81. The molecule has 3 rings (SSSR count). The Bertz CT molecular complexity index is 910. The van der Waals surface area contributed by atoms with Crippen LogP contribution in [-0.2, 0) is 17.6 Å². The zero-order valence-electron chi connectivity index (χ0n) is 16.1. The molecule has 0 aliphatic rings. The van der Waals surface area contributed by atoms with E-state index in [9.17, 15) is 9.59 Å². The number of hydrogen-bond donors (Lipinski definition) is 2. The van der Waals surface area contributed by atoms with E-state index in [0.29, 0.717) is 30.8 Å². The number of amides is 2. The van der Waals surface area contributed by atoms with Gasteiger partial charge in [0, 0.05) is 18.4 Å². The zero-order chi connectivity index (χ0) is 20.3. The Morgan fingerprint density at radius 3 is 1.90 bits per heavy atom. The standard InChI is InChI=1S/C24H24N2O3/c27-23(16-11-19-7-3-1-4-8-19)25-26-24(28)21-12-14-22(15-13-21)29-18-17-20-9-5-2-6-10-20/h1-10,12-15H,11,16-18H2,(H,25,27)(H,26,28). The molecule has 0 radical (unpaired) electrons. The van der Waals surface area contributed by atoms with Crippen LogP contribution in [0.15, 0.2) is 84.9 Å². The molecule has 0 fully saturated rings. The second-order valence-corrected chi connectivity index (χ2v) is 6.60. The van der Waals surface area contributed by atoms with Crippen molar-refractivity contribution in [1.82, 2.24) is 10.9 Å². The van der Waals surface area contributed by atoms with E-state index in [-0.39, 0.29) is 11.8 Å². The van der Waals surface area contributed by atoms with E-state index in [4.69, 9.17) is 4.74 Å². The van der Waals surface area contributed by atoms with Crippen LogP contribution < -0.4 is 15.6 Å². The van der Waals surface area contributed by atoms with Gasteiger partial charge in [0.2, 0.25) is 5.91 Å². The van der Waals surface area contributed by atoms with Gasteiger partial charge in [-0.15, -0.1) is 0 Å². The maximum absolute atomic E-state index is 12.2. The van der Waals surface area contributed by atoms with Gasteiger partial charge in [-0.05, 0) is 41.8 Å². The topological polar surface area (TPSA) is 67.4 Å². The fourth-order valence-corrected chi connectivity index (χ4v) is 2.80. The summed E-state index contributed by atoms with van der Waals surface area (Å²) in [7, 11) is 0. The molecule has 3 aromatic rings. The highest BCUT2D eigenvalue weighted by molar-refractivity contribution is 5.95. The molecule has 5 heteroatoms. The summed E-state index contributed by atoms with van der Waals surface area (Å²) in [5.41, 5.74) is 7.63. The van der Waals surface area contributed by atoms with Crippen molar-refractivity contribution < 1.29 is 14.3 Å². The molecule has 0 saturated carbocycles. The van der Waals surface area contributed by atoms with Crippen molar-refractivity contribution >= 4 is 11.8 Å². The fourth-order valence-electron chi connectivity index (χ4n) is 2.80. The van der Waals surface area contributed by atoms with Crippen molar-refractivity contribution in [3.63, 3.8) is 0 Å². The van der Waals surface area contributed by atoms with Crippen LogP contribution >= 0.6 is 0 Å². The van der Waals surface area contributed by atoms with Gasteiger partial charge in [0.25, 0.3) is 5.91 Å². The summed E-state index contributed by atoms with van der Waals surface area (Å²) < 4.78 is 5.72. The van der Waals surface area contributed by atoms with Crippen LogP contribution in [0, 0.1) is 0 Å². The summed E-state index contributed by atoms with van der Waals surface area (Å²) in [6.45, 7) is 0.563. The first-order valence-electron chi connectivity index (χ1n) is 9.60. The van der Waals surface area contributed by atoms with Gasteiger partial charge in [0.1, 0.15) is 5.75 Å². The van der Waals surface area contributed by atoms with E-state index in [0.717, 1.165) is 12.0 Å². The third-order valence-corrected chi connectivity index (χ3v) is 4.42. The van der Waals surface area contributed by atoms with E-state index >= 15 is 0 Å². The molecule has 148 valence electrons. The number of carbonyl (C=O) groups excluding carboxylic acids is 2. The molecular weight excluding hydrogens is 364 g/mol. The molecule has 0 spiro atoms. The smallest absolute Gasteiger partial charge is 0.269 e. The Hall–Kier alpha value is -3.60. The largest absolute Gasteiger partial charge is 0.493 e. The number of aryl methyl sites for hydroxylation is 1. The molecule has 0 saturated heterocycles. The monoisotopic (exact) mass is 388 g/mol. The quantitative estimate of drug-likeness (QED) is 0.578. The Kier molecular flexibility index (Phi) is 7.41. The molecule has 3 aromatic carbocycles. The molecule has 0 unspecified atom stereocenters. The lowest BCUT2D eigenvalue weighted by molar-refractivity contribution is -0.121. The number of carbonyl (C=O) groups is 2. The predicted octanol–water partition coefficient (Wildman–Crippen LogP) is 3.70. The summed E-state index contributed by atoms with van der Waals surface area (Å²) in [4.78, 5) is 24.1. The third-order valence-electron chi connectivity index (χ3n) is 4.42. The molecule has 0 atom stereocenters. The second kappa shape index (κ2) is 10.7. The SMILES string of the molecule is O=C(CCc1ccccc1)NNC(=O)c1ccc(OCCc2ccccc2)cc1. The Morgan fingerprint density at radius 2 is 1.28 bits per heavy atom. The van der Waals surface area contributed by atoms with Gasteiger partial charge < -0.3 is 4.74 Å². The minimum absolute atomic E-state index is 0.233. The van der Waals surface area contributed by atoms with Gasteiger partial charge in [0.15, 0.2) is 0 Å². The van der Waals surface area contributed by atoms with Crippen molar-refractivity contribution in [2.24, 2.45) is 0 Å². The van der Waals surface area contributed by atoms with E-state index in [1.807, 2.05) is 48.5 Å².